The third kappa shape index (κ3) is 5.56. The number of benzene rings is 8. The Morgan fingerprint density at radius 1 is 0.340 bits per heavy atom. The van der Waals surface area contributed by atoms with Gasteiger partial charge in [-0.3, -0.25) is 0 Å². The summed E-state index contributed by atoms with van der Waals surface area (Å²) in [7, 11) is 0. The molecule has 0 atom stereocenters. The zero-order chi connectivity index (χ0) is 35.1. The smallest absolute Gasteiger partial charge is 0.160 e. The summed E-state index contributed by atoms with van der Waals surface area (Å²) >= 11 is 0. The van der Waals surface area contributed by atoms with Crippen molar-refractivity contribution in [3.8, 4) is 61.7 Å². The van der Waals surface area contributed by atoms with E-state index in [1.165, 1.54) is 27.5 Å². The zero-order valence-electron chi connectivity index (χ0n) is 28.9. The molecule has 8 aromatic carbocycles. The van der Waals surface area contributed by atoms with Crippen LogP contribution in [0.5, 0.6) is 0 Å². The van der Waals surface area contributed by atoms with Gasteiger partial charge in [0.15, 0.2) is 5.82 Å². The molecule has 10 rings (SSSR count). The first kappa shape index (κ1) is 30.7. The average Bonchev–Trinajstić information content (AvgIpc) is 3.58. The van der Waals surface area contributed by atoms with Crippen molar-refractivity contribution in [3.63, 3.8) is 0 Å². The second kappa shape index (κ2) is 12.9. The van der Waals surface area contributed by atoms with Crippen LogP contribution in [0.15, 0.2) is 200 Å². The fourth-order valence-electron chi connectivity index (χ4n) is 7.58. The molecule has 53 heavy (non-hydrogen) atoms. The van der Waals surface area contributed by atoms with Crippen LogP contribution in [0.4, 0.5) is 0 Å². The first-order valence-electron chi connectivity index (χ1n) is 18.0. The van der Waals surface area contributed by atoms with Crippen LogP contribution >= 0.6 is 0 Å². The Morgan fingerprint density at radius 2 is 0.868 bits per heavy atom. The maximum absolute atomic E-state index is 5.45. The van der Waals surface area contributed by atoms with Gasteiger partial charge in [0.05, 0.1) is 16.7 Å². The third-order valence-electron chi connectivity index (χ3n) is 10.2. The second-order valence-corrected chi connectivity index (χ2v) is 13.5. The molecule has 0 aliphatic carbocycles. The summed E-state index contributed by atoms with van der Waals surface area (Å²) in [6.07, 6.45) is 0. The van der Waals surface area contributed by atoms with E-state index in [4.69, 9.17) is 9.97 Å². The molecule has 3 nitrogen and oxygen atoms in total. The number of hydrogen-bond donors (Lipinski definition) is 0. The van der Waals surface area contributed by atoms with E-state index in [2.05, 4.69) is 205 Å². The maximum atomic E-state index is 5.45. The Hall–Kier alpha value is -7.10. The average molecular weight is 676 g/mol. The molecule has 0 spiro atoms. The van der Waals surface area contributed by atoms with Crippen LogP contribution in [-0.4, -0.2) is 14.5 Å². The topological polar surface area (TPSA) is 30.7 Å². The molecule has 0 radical (unpaired) electrons. The van der Waals surface area contributed by atoms with E-state index in [-0.39, 0.29) is 0 Å². The molecule has 0 bridgehead atoms. The Bertz CT molecular complexity index is 2940. The van der Waals surface area contributed by atoms with Gasteiger partial charge in [-0.2, -0.15) is 0 Å². The number of fused-ring (bicyclic) bond motifs is 4. The summed E-state index contributed by atoms with van der Waals surface area (Å²) in [5.74, 6) is 0.695. The van der Waals surface area contributed by atoms with Gasteiger partial charge in [0.1, 0.15) is 5.52 Å². The van der Waals surface area contributed by atoms with E-state index < -0.39 is 0 Å². The van der Waals surface area contributed by atoms with Crippen LogP contribution in [0.2, 0.25) is 0 Å². The lowest BCUT2D eigenvalue weighted by atomic mass is 9.96. The lowest BCUT2D eigenvalue weighted by molar-refractivity contribution is 1.15. The van der Waals surface area contributed by atoms with Gasteiger partial charge in [-0.25, -0.2) is 9.97 Å². The predicted octanol–water partition coefficient (Wildman–Crippen LogP) is 13.1. The molecule has 0 aliphatic heterocycles. The highest BCUT2D eigenvalue weighted by Gasteiger charge is 2.21. The summed E-state index contributed by atoms with van der Waals surface area (Å²) in [5.41, 5.74) is 14.0. The third-order valence-corrected chi connectivity index (χ3v) is 10.2. The lowest BCUT2D eigenvalue weighted by Crippen LogP contribution is -2.00. The largest absolute Gasteiger partial charge is 0.306 e. The van der Waals surface area contributed by atoms with E-state index in [9.17, 15) is 0 Å². The zero-order valence-corrected chi connectivity index (χ0v) is 28.9. The van der Waals surface area contributed by atoms with Crippen molar-refractivity contribution in [2.75, 3.05) is 0 Å². The molecular weight excluding hydrogens is 643 g/mol. The molecule has 0 amide bonds. The van der Waals surface area contributed by atoms with Crippen LogP contribution in [-0.2, 0) is 0 Å². The fourth-order valence-corrected chi connectivity index (χ4v) is 7.58. The number of aromatic nitrogens is 3. The van der Waals surface area contributed by atoms with Crippen LogP contribution in [0, 0.1) is 0 Å². The molecule has 0 N–H and O–H groups in total. The number of para-hydroxylation sites is 2. The highest BCUT2D eigenvalue weighted by atomic mass is 15.0. The number of hydrogen-bond acceptors (Lipinski definition) is 2. The summed E-state index contributed by atoms with van der Waals surface area (Å²) in [5, 5.41) is 3.58. The van der Waals surface area contributed by atoms with E-state index in [0.29, 0.717) is 5.82 Å². The summed E-state index contributed by atoms with van der Waals surface area (Å²) in [4.78, 5) is 10.8. The van der Waals surface area contributed by atoms with Gasteiger partial charge in [-0.05, 0) is 86.6 Å². The molecule has 0 saturated carbocycles. The lowest BCUT2D eigenvalue weighted by Gasteiger charge is -2.13. The maximum Gasteiger partial charge on any atom is 0.160 e. The van der Waals surface area contributed by atoms with Crippen molar-refractivity contribution in [1.82, 2.24) is 14.5 Å². The number of rotatable bonds is 6. The highest BCUT2D eigenvalue weighted by molar-refractivity contribution is 6.11. The summed E-state index contributed by atoms with van der Waals surface area (Å²) in [6, 6.07) is 70.9. The first-order valence-corrected chi connectivity index (χ1v) is 18.0. The van der Waals surface area contributed by atoms with Crippen molar-refractivity contribution < 1.29 is 0 Å². The van der Waals surface area contributed by atoms with Gasteiger partial charge < -0.3 is 4.57 Å². The second-order valence-electron chi connectivity index (χ2n) is 13.5. The Labute approximate surface area is 308 Å². The standard InChI is InChI=1S/C50H33N3/c1-3-14-34(15-4-1)37-18-12-22-42(32-37)47-49-48(45-26-9-10-27-46(45)53(49)44-24-5-2-6-25-44)52-50(51-47)43-23-13-21-40(33-43)38-19-11-20-39(31-38)41-29-28-35-16-7-8-17-36(35)30-41/h1-33H. The van der Waals surface area contributed by atoms with Gasteiger partial charge >= 0.3 is 0 Å². The fraction of sp³-hybridized carbons (Fsp3) is 0. The van der Waals surface area contributed by atoms with Crippen molar-refractivity contribution in [3.05, 3.63) is 200 Å². The van der Waals surface area contributed by atoms with Crippen LogP contribution in [0.25, 0.3) is 94.4 Å². The Morgan fingerprint density at radius 3 is 1.62 bits per heavy atom. The molecule has 248 valence electrons. The molecule has 10 aromatic rings. The predicted molar refractivity (Wildman–Crippen MR) is 221 cm³/mol. The van der Waals surface area contributed by atoms with Crippen LogP contribution < -0.4 is 0 Å². The molecule has 2 aromatic heterocycles. The molecule has 0 aliphatic rings. The molecule has 0 saturated heterocycles. The van der Waals surface area contributed by atoms with Crippen LogP contribution in [0.3, 0.4) is 0 Å². The Balaban J connectivity index is 1.16. The Kier molecular flexibility index (Phi) is 7.47. The van der Waals surface area contributed by atoms with Gasteiger partial charge in [0, 0.05) is 22.2 Å². The SMILES string of the molecule is c1ccc(-c2cccc(-c3nc(-c4cccc(-c5cccc(-c6ccc7ccccc7c6)c5)c4)nc4c5ccccc5n(-c5ccccc5)c34)c2)cc1. The molecule has 3 heteroatoms. The van der Waals surface area contributed by atoms with Crippen molar-refractivity contribution in [1.29, 1.82) is 0 Å². The molecule has 0 unspecified atom stereocenters. The van der Waals surface area contributed by atoms with E-state index in [0.717, 1.165) is 61.1 Å². The number of nitrogens with zero attached hydrogens (tertiary/aromatic N) is 3. The minimum absolute atomic E-state index is 0.695. The monoisotopic (exact) mass is 675 g/mol. The van der Waals surface area contributed by atoms with Gasteiger partial charge in [-0.15, -0.1) is 0 Å². The van der Waals surface area contributed by atoms with Gasteiger partial charge in [0.2, 0.25) is 0 Å². The van der Waals surface area contributed by atoms with Crippen molar-refractivity contribution in [2.24, 2.45) is 0 Å². The van der Waals surface area contributed by atoms with E-state index >= 15 is 0 Å². The van der Waals surface area contributed by atoms with Gasteiger partial charge in [0.25, 0.3) is 0 Å². The van der Waals surface area contributed by atoms with Gasteiger partial charge in [-0.1, -0.05) is 158 Å². The first-order chi connectivity index (χ1) is 26.3. The molecular formula is C50H33N3. The van der Waals surface area contributed by atoms with Crippen molar-refractivity contribution in [2.45, 2.75) is 0 Å². The quantitative estimate of drug-likeness (QED) is 0.176. The molecule has 0 fully saturated rings. The summed E-state index contributed by atoms with van der Waals surface area (Å²) in [6.45, 7) is 0. The normalized spacial score (nSPS) is 11.4. The van der Waals surface area contributed by atoms with Crippen LogP contribution in [0.1, 0.15) is 0 Å². The van der Waals surface area contributed by atoms with E-state index in [1.54, 1.807) is 0 Å². The minimum Gasteiger partial charge on any atom is -0.306 e. The summed E-state index contributed by atoms with van der Waals surface area (Å²) < 4.78 is 2.31. The molecule has 2 heterocycles. The van der Waals surface area contributed by atoms with Crippen molar-refractivity contribution >= 4 is 32.7 Å². The minimum atomic E-state index is 0.695. The highest BCUT2D eigenvalue weighted by Crippen LogP contribution is 2.39. The van der Waals surface area contributed by atoms with E-state index in [1.807, 2.05) is 0 Å².